The third-order valence-electron chi connectivity index (χ3n) is 1.82. The quantitative estimate of drug-likeness (QED) is 0.789. The van der Waals surface area contributed by atoms with Crippen LogP contribution < -0.4 is 5.32 Å². The Morgan fingerprint density at radius 2 is 2.43 bits per heavy atom. The Bertz CT molecular complexity index is 263. The molecular weight excluding hydrogens is 222 g/mol. The number of nitrogens with one attached hydrogen (secondary N) is 1. The van der Waals surface area contributed by atoms with Gasteiger partial charge in [0, 0.05) is 11.8 Å². The summed E-state index contributed by atoms with van der Waals surface area (Å²) in [6, 6.07) is 3.74. The van der Waals surface area contributed by atoms with Gasteiger partial charge >= 0.3 is 0 Å². The summed E-state index contributed by atoms with van der Waals surface area (Å²) in [7, 11) is 1.84. The van der Waals surface area contributed by atoms with E-state index >= 15 is 0 Å². The van der Waals surface area contributed by atoms with Gasteiger partial charge in [-0.3, -0.25) is 0 Å². The summed E-state index contributed by atoms with van der Waals surface area (Å²) in [5.41, 5.74) is 0. The first-order valence-electron chi connectivity index (χ1n) is 4.36. The first kappa shape index (κ1) is 11.9. The van der Waals surface area contributed by atoms with Crippen molar-refractivity contribution in [2.75, 3.05) is 19.4 Å². The molecule has 0 bridgehead atoms. The third-order valence-corrected chi connectivity index (χ3v) is 3.15. The van der Waals surface area contributed by atoms with Crippen LogP contribution in [0.1, 0.15) is 5.76 Å². The van der Waals surface area contributed by atoms with Crippen molar-refractivity contribution in [1.29, 1.82) is 0 Å². The van der Waals surface area contributed by atoms with Gasteiger partial charge in [0.05, 0.1) is 12.4 Å². The Hall–Kier alpha value is -0.160. The maximum absolute atomic E-state index is 8.91. The number of thioether (sulfide) groups is 1. The number of rotatable bonds is 6. The molecule has 1 rings (SSSR count). The average Bonchev–Trinajstić information content (AvgIpc) is 2.59. The van der Waals surface area contributed by atoms with Crippen molar-refractivity contribution in [3.63, 3.8) is 0 Å². The predicted molar refractivity (Wildman–Crippen MR) is 59.8 cm³/mol. The molecule has 0 saturated carbocycles. The number of halogens is 1. The van der Waals surface area contributed by atoms with Crippen molar-refractivity contribution in [3.8, 4) is 0 Å². The van der Waals surface area contributed by atoms with E-state index in [4.69, 9.17) is 21.1 Å². The minimum Gasteiger partial charge on any atom is -0.449 e. The fraction of sp³-hybridized carbons (Fsp3) is 0.556. The summed E-state index contributed by atoms with van der Waals surface area (Å²) in [5, 5.41) is 12.3. The lowest BCUT2D eigenvalue weighted by Crippen LogP contribution is -2.31. The van der Waals surface area contributed by atoms with Gasteiger partial charge in [0.25, 0.3) is 0 Å². The monoisotopic (exact) mass is 235 g/mol. The molecule has 1 unspecified atom stereocenters. The number of aliphatic hydroxyl groups excluding tert-OH is 1. The Labute approximate surface area is 92.8 Å². The van der Waals surface area contributed by atoms with Crippen LogP contribution in [0.4, 0.5) is 0 Å². The molecule has 0 aliphatic rings. The van der Waals surface area contributed by atoms with Gasteiger partial charge < -0.3 is 14.8 Å². The van der Waals surface area contributed by atoms with Crippen LogP contribution in [0.25, 0.3) is 0 Å². The highest BCUT2D eigenvalue weighted by Crippen LogP contribution is 2.18. The van der Waals surface area contributed by atoms with E-state index in [2.05, 4.69) is 5.32 Å². The number of hydrogen-bond donors (Lipinski definition) is 2. The summed E-state index contributed by atoms with van der Waals surface area (Å²) in [6.07, 6.45) is 0. The van der Waals surface area contributed by atoms with Gasteiger partial charge in [0.2, 0.25) is 0 Å². The lowest BCUT2D eigenvalue weighted by Gasteiger charge is -2.11. The van der Waals surface area contributed by atoms with Crippen molar-refractivity contribution in [3.05, 3.63) is 23.1 Å². The average molecular weight is 236 g/mol. The van der Waals surface area contributed by atoms with E-state index in [1.54, 1.807) is 17.8 Å². The molecule has 0 fully saturated rings. The van der Waals surface area contributed by atoms with E-state index < -0.39 is 0 Å². The topological polar surface area (TPSA) is 45.4 Å². The van der Waals surface area contributed by atoms with Crippen LogP contribution in [0, 0.1) is 0 Å². The second-order valence-corrected chi connectivity index (χ2v) is 4.29. The van der Waals surface area contributed by atoms with Gasteiger partial charge in [0.15, 0.2) is 5.22 Å². The predicted octanol–water partition coefficient (Wildman–Crippen LogP) is 1.75. The fourth-order valence-corrected chi connectivity index (χ4v) is 2.15. The van der Waals surface area contributed by atoms with Crippen LogP contribution >= 0.6 is 23.4 Å². The zero-order chi connectivity index (χ0) is 10.4. The molecule has 1 atom stereocenters. The van der Waals surface area contributed by atoms with Gasteiger partial charge in [-0.2, -0.15) is 11.8 Å². The first-order chi connectivity index (χ1) is 6.76. The van der Waals surface area contributed by atoms with Gasteiger partial charge in [-0.1, -0.05) is 0 Å². The Morgan fingerprint density at radius 3 is 2.93 bits per heavy atom. The zero-order valence-corrected chi connectivity index (χ0v) is 9.57. The molecule has 1 aromatic rings. The van der Waals surface area contributed by atoms with Crippen molar-refractivity contribution in [2.24, 2.45) is 0 Å². The minimum absolute atomic E-state index is 0.144. The number of aliphatic hydroxyl groups is 1. The molecule has 14 heavy (non-hydrogen) atoms. The maximum atomic E-state index is 8.91. The Kier molecular flexibility index (Phi) is 5.40. The summed E-state index contributed by atoms with van der Waals surface area (Å²) >= 11 is 7.33. The third kappa shape index (κ3) is 3.92. The molecule has 0 aliphatic heterocycles. The second kappa shape index (κ2) is 6.35. The summed E-state index contributed by atoms with van der Waals surface area (Å²) in [4.78, 5) is 0. The van der Waals surface area contributed by atoms with E-state index in [9.17, 15) is 0 Å². The minimum atomic E-state index is 0.144. The van der Waals surface area contributed by atoms with Crippen LogP contribution in [0.5, 0.6) is 0 Å². The van der Waals surface area contributed by atoms with Crippen molar-refractivity contribution >= 4 is 23.4 Å². The van der Waals surface area contributed by atoms with Crippen LogP contribution in [0.3, 0.4) is 0 Å². The molecule has 0 spiro atoms. The van der Waals surface area contributed by atoms with Crippen LogP contribution in [0.15, 0.2) is 16.5 Å². The van der Waals surface area contributed by atoms with E-state index in [1.807, 2.05) is 13.1 Å². The number of furan rings is 1. The van der Waals surface area contributed by atoms with Crippen molar-refractivity contribution < 1.29 is 9.52 Å². The molecule has 0 aliphatic carbocycles. The summed E-state index contributed by atoms with van der Waals surface area (Å²) in [6.45, 7) is 0.155. The molecule has 1 heterocycles. The Morgan fingerprint density at radius 1 is 1.64 bits per heavy atom. The molecular formula is C9H14ClNO2S. The highest BCUT2D eigenvalue weighted by Gasteiger charge is 2.05. The summed E-state index contributed by atoms with van der Waals surface area (Å²) < 4.78 is 5.19. The van der Waals surface area contributed by atoms with Crippen LogP contribution in [0.2, 0.25) is 5.22 Å². The first-order valence-corrected chi connectivity index (χ1v) is 5.89. The standard InChI is InChI=1S/C9H14ClNO2S/c1-11-7(4-12)5-14-6-8-2-3-9(10)13-8/h2-3,7,11-12H,4-6H2,1H3. The summed E-state index contributed by atoms with van der Waals surface area (Å²) in [5.74, 6) is 2.50. The van der Waals surface area contributed by atoms with Gasteiger partial charge in [-0.15, -0.1) is 0 Å². The van der Waals surface area contributed by atoms with E-state index in [0.717, 1.165) is 17.3 Å². The van der Waals surface area contributed by atoms with E-state index in [-0.39, 0.29) is 12.6 Å². The highest BCUT2D eigenvalue weighted by atomic mass is 35.5. The fourth-order valence-electron chi connectivity index (χ4n) is 0.958. The Balaban J connectivity index is 2.21. The molecule has 80 valence electrons. The van der Waals surface area contributed by atoms with Gasteiger partial charge in [-0.25, -0.2) is 0 Å². The van der Waals surface area contributed by atoms with Crippen LogP contribution in [-0.2, 0) is 5.75 Å². The van der Waals surface area contributed by atoms with E-state index in [1.165, 1.54) is 0 Å². The largest absolute Gasteiger partial charge is 0.449 e. The van der Waals surface area contributed by atoms with Gasteiger partial charge in [0.1, 0.15) is 5.76 Å². The molecule has 0 radical (unpaired) electrons. The van der Waals surface area contributed by atoms with Crippen LogP contribution in [-0.4, -0.2) is 30.6 Å². The second-order valence-electron chi connectivity index (χ2n) is 2.89. The molecule has 2 N–H and O–H groups in total. The molecule has 0 amide bonds. The molecule has 0 aromatic carbocycles. The molecule has 0 saturated heterocycles. The SMILES string of the molecule is CNC(CO)CSCc1ccc(Cl)o1. The lowest BCUT2D eigenvalue weighted by atomic mass is 10.4. The maximum Gasteiger partial charge on any atom is 0.193 e. The zero-order valence-electron chi connectivity index (χ0n) is 8.00. The van der Waals surface area contributed by atoms with Crippen molar-refractivity contribution in [2.45, 2.75) is 11.8 Å². The molecule has 5 heteroatoms. The number of likely N-dealkylation sites (N-methyl/N-ethyl adjacent to an activating group) is 1. The van der Waals surface area contributed by atoms with Crippen molar-refractivity contribution in [1.82, 2.24) is 5.32 Å². The normalized spacial score (nSPS) is 13.1. The molecule has 3 nitrogen and oxygen atoms in total. The highest BCUT2D eigenvalue weighted by molar-refractivity contribution is 7.98. The van der Waals surface area contributed by atoms with Gasteiger partial charge in [-0.05, 0) is 30.8 Å². The smallest absolute Gasteiger partial charge is 0.193 e. The molecule has 1 aromatic heterocycles. The van der Waals surface area contributed by atoms with E-state index in [0.29, 0.717) is 5.22 Å². The lowest BCUT2D eigenvalue weighted by molar-refractivity contribution is 0.260. The number of hydrogen-bond acceptors (Lipinski definition) is 4.